The van der Waals surface area contributed by atoms with Crippen LogP contribution >= 0.6 is 11.8 Å². The van der Waals surface area contributed by atoms with Gasteiger partial charge < -0.3 is 14.4 Å². The van der Waals surface area contributed by atoms with Gasteiger partial charge in [-0.15, -0.1) is 0 Å². The lowest BCUT2D eigenvalue weighted by Crippen LogP contribution is -2.49. The lowest BCUT2D eigenvalue weighted by Gasteiger charge is -2.35. The lowest BCUT2D eigenvalue weighted by atomic mass is 10.0. The van der Waals surface area contributed by atoms with Crippen LogP contribution in [0.3, 0.4) is 0 Å². The summed E-state index contributed by atoms with van der Waals surface area (Å²) in [4.78, 5) is 47.4. The van der Waals surface area contributed by atoms with Gasteiger partial charge in [-0.25, -0.2) is 19.6 Å². The van der Waals surface area contributed by atoms with Gasteiger partial charge in [0.05, 0.1) is 11.6 Å². The number of thioether (sulfide) groups is 1. The molecule has 1 aromatic heterocycles. The van der Waals surface area contributed by atoms with Gasteiger partial charge in [0.25, 0.3) is 6.29 Å². The lowest BCUT2D eigenvalue weighted by molar-refractivity contribution is -0.168. The first kappa shape index (κ1) is 16.9. The van der Waals surface area contributed by atoms with E-state index >= 15 is 0 Å². The van der Waals surface area contributed by atoms with Crippen LogP contribution in [0, 0.1) is 0 Å². The van der Waals surface area contributed by atoms with E-state index in [2.05, 4.69) is 9.97 Å². The van der Waals surface area contributed by atoms with Gasteiger partial charge in [-0.3, -0.25) is 4.79 Å². The highest BCUT2D eigenvalue weighted by Gasteiger charge is 2.49. The number of esters is 2. The van der Waals surface area contributed by atoms with Crippen molar-refractivity contribution in [3.05, 3.63) is 64.5 Å². The molecule has 1 saturated heterocycles. The van der Waals surface area contributed by atoms with Crippen LogP contribution in [0.4, 0.5) is 0 Å². The molecule has 3 aliphatic rings. The molecule has 9 heteroatoms. The Bertz CT molecular complexity index is 1040. The van der Waals surface area contributed by atoms with Gasteiger partial charge in [-0.2, -0.15) is 0 Å². The van der Waals surface area contributed by atoms with Crippen molar-refractivity contribution in [2.45, 2.75) is 30.3 Å². The van der Waals surface area contributed by atoms with Crippen LogP contribution in [-0.4, -0.2) is 38.8 Å². The van der Waals surface area contributed by atoms with Crippen molar-refractivity contribution in [1.29, 1.82) is 0 Å². The summed E-state index contributed by atoms with van der Waals surface area (Å²) < 4.78 is 10.7. The van der Waals surface area contributed by atoms with Crippen molar-refractivity contribution in [2.24, 2.45) is 0 Å². The van der Waals surface area contributed by atoms with Crippen LogP contribution in [0.1, 0.15) is 35.1 Å². The van der Waals surface area contributed by atoms with E-state index in [0.717, 1.165) is 0 Å². The molecular formula is C19H13N3O5S. The molecule has 2 aromatic rings. The summed E-state index contributed by atoms with van der Waals surface area (Å²) in [5.41, 5.74) is 1.04. The molecule has 4 heterocycles. The quantitative estimate of drug-likeness (QED) is 0.441. The Hall–Kier alpha value is -3.20. The molecule has 1 aromatic carbocycles. The molecule has 8 nitrogen and oxygen atoms in total. The first-order valence-electron chi connectivity index (χ1n) is 8.63. The van der Waals surface area contributed by atoms with Crippen LogP contribution in [0.5, 0.6) is 0 Å². The Morgan fingerprint density at radius 1 is 1.14 bits per heavy atom. The van der Waals surface area contributed by atoms with Crippen molar-refractivity contribution in [2.75, 3.05) is 0 Å². The maximum atomic E-state index is 12.9. The Balaban J connectivity index is 1.43. The standard InChI is InChI=1S/C19H13N3O5S/c23-14-9-10-8-13(28-19-20-6-3-7-21-19)15(22(10)14)17(25)27-18-12-5-2-1-4-11(12)16(24)26-18/h1-7,10,18H,8-9H2. The SMILES string of the molecule is O=C(OC1OC(=O)c2ccccc21)C1=C(Sc2ncccn2)CC2CC(=O)N12. The van der Waals surface area contributed by atoms with Gasteiger partial charge in [-0.1, -0.05) is 30.0 Å². The molecule has 1 amide bonds. The number of β-lactam (4-membered cyclic amide) rings is 1. The molecule has 2 unspecified atom stereocenters. The average Bonchev–Trinajstić information content (AvgIpc) is 3.17. The largest absolute Gasteiger partial charge is 0.417 e. The molecule has 0 saturated carbocycles. The molecule has 2 atom stereocenters. The van der Waals surface area contributed by atoms with Gasteiger partial charge in [0.1, 0.15) is 5.70 Å². The number of cyclic esters (lactones) is 1. The number of carbonyl (C=O) groups excluding carboxylic acids is 3. The highest BCUT2D eigenvalue weighted by atomic mass is 32.2. The van der Waals surface area contributed by atoms with E-state index in [-0.39, 0.29) is 17.6 Å². The first-order chi connectivity index (χ1) is 13.6. The van der Waals surface area contributed by atoms with Gasteiger partial charge >= 0.3 is 11.9 Å². The molecule has 28 heavy (non-hydrogen) atoms. The smallest absolute Gasteiger partial charge is 0.359 e. The molecule has 5 rings (SSSR count). The molecule has 0 aliphatic carbocycles. The summed E-state index contributed by atoms with van der Waals surface area (Å²) in [6, 6.07) is 8.38. The normalized spacial score (nSPS) is 22.5. The maximum Gasteiger partial charge on any atom is 0.359 e. The summed E-state index contributed by atoms with van der Waals surface area (Å²) in [5, 5.41) is 0.482. The average molecular weight is 395 g/mol. The Morgan fingerprint density at radius 3 is 2.71 bits per heavy atom. The minimum atomic E-state index is -1.13. The van der Waals surface area contributed by atoms with E-state index in [1.165, 1.54) is 16.7 Å². The summed E-state index contributed by atoms with van der Waals surface area (Å²) in [5.74, 6) is -1.38. The fourth-order valence-corrected chi connectivity index (χ4v) is 4.50. The molecule has 0 bridgehead atoms. The third-order valence-electron chi connectivity index (χ3n) is 4.78. The van der Waals surface area contributed by atoms with Crippen molar-refractivity contribution < 1.29 is 23.9 Å². The van der Waals surface area contributed by atoms with Crippen LogP contribution < -0.4 is 0 Å². The number of fused-ring (bicyclic) bond motifs is 2. The number of hydrogen-bond donors (Lipinski definition) is 0. The van der Waals surface area contributed by atoms with Gasteiger partial charge in [0.2, 0.25) is 5.91 Å². The number of amides is 1. The molecule has 0 N–H and O–H groups in total. The van der Waals surface area contributed by atoms with Crippen molar-refractivity contribution in [3.63, 3.8) is 0 Å². The van der Waals surface area contributed by atoms with Crippen molar-refractivity contribution in [1.82, 2.24) is 14.9 Å². The summed E-state index contributed by atoms with van der Waals surface area (Å²) in [7, 11) is 0. The topological polar surface area (TPSA) is 98.7 Å². The molecule has 1 fully saturated rings. The second-order valence-corrected chi connectivity index (χ2v) is 7.52. The molecule has 3 aliphatic heterocycles. The zero-order valence-corrected chi connectivity index (χ0v) is 15.2. The molecule has 140 valence electrons. The van der Waals surface area contributed by atoms with E-state index in [0.29, 0.717) is 34.0 Å². The molecule has 0 radical (unpaired) electrons. The highest BCUT2D eigenvalue weighted by molar-refractivity contribution is 8.03. The monoisotopic (exact) mass is 395 g/mol. The van der Waals surface area contributed by atoms with E-state index in [4.69, 9.17) is 9.47 Å². The molecular weight excluding hydrogens is 382 g/mol. The van der Waals surface area contributed by atoms with E-state index < -0.39 is 18.2 Å². The zero-order chi connectivity index (χ0) is 19.3. The zero-order valence-electron chi connectivity index (χ0n) is 14.4. The van der Waals surface area contributed by atoms with E-state index in [1.54, 1.807) is 42.7 Å². The van der Waals surface area contributed by atoms with Crippen LogP contribution in [0.25, 0.3) is 0 Å². The number of nitrogens with zero attached hydrogens (tertiary/aromatic N) is 3. The maximum absolute atomic E-state index is 12.9. The van der Waals surface area contributed by atoms with Crippen LogP contribution in [0.15, 0.2) is 58.5 Å². The summed E-state index contributed by atoms with van der Waals surface area (Å²) >= 11 is 1.24. The summed E-state index contributed by atoms with van der Waals surface area (Å²) in [6.45, 7) is 0. The molecule has 0 spiro atoms. The van der Waals surface area contributed by atoms with Gasteiger partial charge in [0, 0.05) is 35.7 Å². The minimum absolute atomic E-state index is 0.0559. The Morgan fingerprint density at radius 2 is 1.93 bits per heavy atom. The fourth-order valence-electron chi connectivity index (χ4n) is 3.50. The third-order valence-corrected chi connectivity index (χ3v) is 5.78. The first-order valence-corrected chi connectivity index (χ1v) is 9.44. The third kappa shape index (κ3) is 2.66. The number of ether oxygens (including phenoxy) is 2. The number of hydrogen-bond acceptors (Lipinski definition) is 8. The van der Waals surface area contributed by atoms with E-state index in [1.807, 2.05) is 0 Å². The number of rotatable bonds is 4. The summed E-state index contributed by atoms with van der Waals surface area (Å²) in [6.07, 6.45) is 3.02. The van der Waals surface area contributed by atoms with Crippen LogP contribution in [0.2, 0.25) is 0 Å². The minimum Gasteiger partial charge on any atom is -0.417 e. The van der Waals surface area contributed by atoms with Gasteiger partial charge in [0.15, 0.2) is 5.16 Å². The predicted molar refractivity (Wildman–Crippen MR) is 95.5 cm³/mol. The predicted octanol–water partition coefficient (Wildman–Crippen LogP) is 2.20. The van der Waals surface area contributed by atoms with Gasteiger partial charge in [-0.05, 0) is 12.1 Å². The Kier molecular flexibility index (Phi) is 3.90. The van der Waals surface area contributed by atoms with Crippen molar-refractivity contribution in [3.8, 4) is 0 Å². The Labute approximate surface area is 163 Å². The van der Waals surface area contributed by atoms with E-state index in [9.17, 15) is 14.4 Å². The fraction of sp³-hybridized carbons (Fsp3) is 0.211. The second-order valence-electron chi connectivity index (χ2n) is 6.46. The number of aromatic nitrogens is 2. The number of carbonyl (C=O) groups is 3. The number of benzene rings is 1. The van der Waals surface area contributed by atoms with Crippen molar-refractivity contribution >= 4 is 29.6 Å². The second kappa shape index (κ2) is 6.45. The highest BCUT2D eigenvalue weighted by Crippen LogP contribution is 2.45. The van der Waals surface area contributed by atoms with Crippen LogP contribution in [-0.2, 0) is 19.1 Å².